The van der Waals surface area contributed by atoms with Gasteiger partial charge < -0.3 is 20.9 Å². The van der Waals surface area contributed by atoms with E-state index in [1.807, 2.05) is 13.8 Å². The Kier molecular flexibility index (Phi) is 4.07. The Bertz CT molecular complexity index is 231. The summed E-state index contributed by atoms with van der Waals surface area (Å²) in [6.45, 7) is 5.11. The summed E-state index contributed by atoms with van der Waals surface area (Å²) in [5.74, 6) is -0.964. The number of nitrogens with two attached hydrogens (primary N) is 1. The molecule has 0 aromatic heterocycles. The maximum atomic E-state index is 10.5. The molecule has 0 saturated carbocycles. The highest BCUT2D eigenvalue weighted by Crippen LogP contribution is 2.23. The lowest BCUT2D eigenvalue weighted by Crippen LogP contribution is -2.48. The van der Waals surface area contributed by atoms with Crippen LogP contribution in [0.15, 0.2) is 0 Å². The fourth-order valence-electron chi connectivity index (χ4n) is 1.79. The molecule has 2 atom stereocenters. The average molecular weight is 216 g/mol. The number of carbonyl (C=O) groups is 1. The molecule has 0 aromatic carbocycles. The third-order valence-electron chi connectivity index (χ3n) is 2.64. The lowest BCUT2D eigenvalue weighted by atomic mass is 9.94. The zero-order valence-corrected chi connectivity index (χ0v) is 9.32. The van der Waals surface area contributed by atoms with Crippen molar-refractivity contribution in [3.8, 4) is 0 Å². The van der Waals surface area contributed by atoms with E-state index in [-0.39, 0.29) is 5.60 Å². The van der Waals surface area contributed by atoms with E-state index in [1.54, 1.807) is 0 Å². The van der Waals surface area contributed by atoms with Gasteiger partial charge in [0, 0.05) is 19.2 Å². The van der Waals surface area contributed by atoms with Crippen LogP contribution in [0.1, 0.15) is 26.7 Å². The van der Waals surface area contributed by atoms with Gasteiger partial charge in [0.15, 0.2) is 0 Å². The quantitative estimate of drug-likeness (QED) is 0.613. The van der Waals surface area contributed by atoms with Gasteiger partial charge in [-0.2, -0.15) is 0 Å². The fraction of sp³-hybridized carbons (Fsp3) is 0.900. The molecule has 4 N–H and O–H groups in total. The van der Waals surface area contributed by atoms with E-state index >= 15 is 0 Å². The van der Waals surface area contributed by atoms with E-state index in [0.29, 0.717) is 19.2 Å². The van der Waals surface area contributed by atoms with Crippen molar-refractivity contribution in [3.63, 3.8) is 0 Å². The van der Waals surface area contributed by atoms with Crippen LogP contribution < -0.4 is 11.1 Å². The van der Waals surface area contributed by atoms with E-state index in [0.717, 1.165) is 12.8 Å². The highest BCUT2D eigenvalue weighted by molar-refractivity contribution is 5.73. The van der Waals surface area contributed by atoms with Gasteiger partial charge in [-0.1, -0.05) is 0 Å². The van der Waals surface area contributed by atoms with Gasteiger partial charge in [0.25, 0.3) is 0 Å². The van der Waals surface area contributed by atoms with Crippen molar-refractivity contribution in [3.05, 3.63) is 0 Å². The van der Waals surface area contributed by atoms with E-state index in [9.17, 15) is 4.79 Å². The minimum absolute atomic E-state index is 0.122. The van der Waals surface area contributed by atoms with Crippen LogP contribution in [0.3, 0.4) is 0 Å². The van der Waals surface area contributed by atoms with Crippen molar-refractivity contribution in [2.75, 3.05) is 13.2 Å². The van der Waals surface area contributed by atoms with Crippen molar-refractivity contribution < 1.29 is 14.6 Å². The van der Waals surface area contributed by atoms with Crippen molar-refractivity contribution in [2.45, 2.75) is 44.4 Å². The first-order valence-electron chi connectivity index (χ1n) is 5.26. The fourth-order valence-corrected chi connectivity index (χ4v) is 1.79. The number of carboxylic acid groups (broad SMARTS) is 1. The third-order valence-corrected chi connectivity index (χ3v) is 2.64. The molecule has 0 amide bonds. The first-order valence-corrected chi connectivity index (χ1v) is 5.26. The molecule has 5 nitrogen and oxygen atoms in total. The summed E-state index contributed by atoms with van der Waals surface area (Å²) in [4.78, 5) is 10.5. The molecule has 1 aliphatic rings. The van der Waals surface area contributed by atoms with Gasteiger partial charge >= 0.3 is 5.97 Å². The van der Waals surface area contributed by atoms with Gasteiger partial charge in [0.2, 0.25) is 0 Å². The Labute approximate surface area is 90.0 Å². The number of nitrogens with one attached hydrogen (secondary N) is 1. The van der Waals surface area contributed by atoms with E-state index in [1.165, 1.54) is 0 Å². The predicted octanol–water partition coefficient (Wildman–Crippen LogP) is -0.0545. The number of aliphatic carboxylic acids is 1. The van der Waals surface area contributed by atoms with Gasteiger partial charge in [0.05, 0.1) is 5.60 Å². The van der Waals surface area contributed by atoms with Crippen LogP contribution in [-0.4, -0.2) is 41.9 Å². The summed E-state index contributed by atoms with van der Waals surface area (Å²) in [5, 5.41) is 11.8. The smallest absolute Gasteiger partial charge is 0.321 e. The molecule has 5 heteroatoms. The van der Waals surface area contributed by atoms with Crippen molar-refractivity contribution in [1.82, 2.24) is 5.32 Å². The largest absolute Gasteiger partial charge is 0.480 e. The summed E-state index contributed by atoms with van der Waals surface area (Å²) >= 11 is 0. The lowest BCUT2D eigenvalue weighted by molar-refractivity contribution is -0.138. The third kappa shape index (κ3) is 4.15. The number of ether oxygens (including phenoxy) is 1. The summed E-state index contributed by atoms with van der Waals surface area (Å²) in [6, 6.07) is -0.518. The molecule has 1 rings (SSSR count). The normalized spacial score (nSPS) is 27.3. The highest BCUT2D eigenvalue weighted by Gasteiger charge is 2.28. The monoisotopic (exact) mass is 216 g/mol. The molecule has 2 unspecified atom stereocenters. The second-order valence-corrected chi connectivity index (χ2v) is 4.65. The van der Waals surface area contributed by atoms with E-state index in [4.69, 9.17) is 15.6 Å². The Balaban J connectivity index is 2.30. The molecule has 0 aromatic rings. The van der Waals surface area contributed by atoms with Gasteiger partial charge in [-0.05, 0) is 26.7 Å². The molecular weight excluding hydrogens is 196 g/mol. The number of hydrogen-bond acceptors (Lipinski definition) is 4. The summed E-state index contributed by atoms with van der Waals surface area (Å²) < 4.78 is 5.56. The minimum atomic E-state index is -0.964. The van der Waals surface area contributed by atoms with Crippen LogP contribution in [-0.2, 0) is 9.53 Å². The summed E-state index contributed by atoms with van der Waals surface area (Å²) in [6.07, 6.45) is 1.80. The van der Waals surface area contributed by atoms with E-state index in [2.05, 4.69) is 5.32 Å². The lowest BCUT2D eigenvalue weighted by Gasteiger charge is -2.36. The second kappa shape index (κ2) is 4.92. The molecule has 88 valence electrons. The van der Waals surface area contributed by atoms with Crippen LogP contribution in [0.4, 0.5) is 0 Å². The Morgan fingerprint density at radius 1 is 1.73 bits per heavy atom. The zero-order chi connectivity index (χ0) is 11.5. The van der Waals surface area contributed by atoms with Crippen LogP contribution in [0.5, 0.6) is 0 Å². The molecule has 15 heavy (non-hydrogen) atoms. The molecule has 1 saturated heterocycles. The Morgan fingerprint density at radius 3 is 2.93 bits per heavy atom. The molecular formula is C10H20N2O3. The van der Waals surface area contributed by atoms with E-state index < -0.39 is 12.0 Å². The first kappa shape index (κ1) is 12.4. The highest BCUT2D eigenvalue weighted by atomic mass is 16.5. The standard InChI is InChI=1S/C10H20N2O3/c1-10(2)5-7(3-4-15-10)12-6-8(11)9(13)14/h7-8,12H,3-6,11H2,1-2H3,(H,13,14). The van der Waals surface area contributed by atoms with Crippen LogP contribution in [0.25, 0.3) is 0 Å². The van der Waals surface area contributed by atoms with Crippen LogP contribution in [0, 0.1) is 0 Å². The SMILES string of the molecule is CC1(C)CC(NCC(N)C(=O)O)CCO1. The van der Waals surface area contributed by atoms with Crippen LogP contribution >= 0.6 is 0 Å². The maximum absolute atomic E-state index is 10.5. The number of carboxylic acids is 1. The molecule has 0 bridgehead atoms. The molecule has 1 fully saturated rings. The molecule has 0 radical (unpaired) electrons. The van der Waals surface area contributed by atoms with Crippen molar-refractivity contribution in [2.24, 2.45) is 5.73 Å². The number of rotatable bonds is 4. The topological polar surface area (TPSA) is 84.6 Å². The maximum Gasteiger partial charge on any atom is 0.321 e. The Morgan fingerprint density at radius 2 is 2.40 bits per heavy atom. The van der Waals surface area contributed by atoms with Gasteiger partial charge in [0.1, 0.15) is 6.04 Å². The minimum Gasteiger partial charge on any atom is -0.480 e. The molecule has 1 heterocycles. The molecule has 1 aliphatic heterocycles. The summed E-state index contributed by atoms with van der Waals surface area (Å²) in [7, 11) is 0. The second-order valence-electron chi connectivity index (χ2n) is 4.65. The van der Waals surface area contributed by atoms with Gasteiger partial charge in [-0.3, -0.25) is 4.79 Å². The molecule has 0 spiro atoms. The first-order chi connectivity index (χ1) is 6.91. The van der Waals surface area contributed by atoms with Crippen LogP contribution in [0.2, 0.25) is 0 Å². The van der Waals surface area contributed by atoms with Crippen molar-refractivity contribution >= 4 is 5.97 Å². The molecule has 0 aliphatic carbocycles. The summed E-state index contributed by atoms with van der Waals surface area (Å²) in [5.41, 5.74) is 5.29. The van der Waals surface area contributed by atoms with Crippen molar-refractivity contribution in [1.29, 1.82) is 0 Å². The number of hydrogen-bond donors (Lipinski definition) is 3. The van der Waals surface area contributed by atoms with Gasteiger partial charge in [-0.15, -0.1) is 0 Å². The Hall–Kier alpha value is -0.650. The van der Waals surface area contributed by atoms with Gasteiger partial charge in [-0.25, -0.2) is 0 Å². The average Bonchev–Trinajstić information content (AvgIpc) is 2.12. The zero-order valence-electron chi connectivity index (χ0n) is 9.32. The predicted molar refractivity (Wildman–Crippen MR) is 56.7 cm³/mol.